The third-order valence-corrected chi connectivity index (χ3v) is 6.92. The normalized spacial score (nSPS) is 12.7. The number of rotatable bonds is 12. The maximum absolute atomic E-state index is 14.0. The number of halogens is 1. The Kier molecular flexibility index (Phi) is 9.70. The topological polar surface area (TPSA) is 115 Å². The van der Waals surface area contributed by atoms with Gasteiger partial charge in [0, 0.05) is 35.9 Å². The van der Waals surface area contributed by atoms with Gasteiger partial charge in [-0.05, 0) is 66.3 Å². The van der Waals surface area contributed by atoms with Crippen molar-refractivity contribution in [3.8, 4) is 22.4 Å². The van der Waals surface area contributed by atoms with Crippen LogP contribution < -0.4 is 10.4 Å². The first kappa shape index (κ1) is 29.7. The Hall–Kier alpha value is -4.27. The number of aromatic nitrogens is 1. The van der Waals surface area contributed by atoms with E-state index in [1.807, 2.05) is 66.9 Å². The zero-order valence-corrected chi connectivity index (χ0v) is 23.1. The number of hydrogen-bond acceptors (Lipinski definition) is 5. The number of carbonyl (C=O) groups excluding carboxylic acids is 2. The fraction of sp³-hybridized carbons (Fsp3) is 0.273. The lowest BCUT2D eigenvalue weighted by molar-refractivity contribution is -0.307. The van der Waals surface area contributed by atoms with E-state index in [4.69, 9.17) is 0 Å². The van der Waals surface area contributed by atoms with Gasteiger partial charge >= 0.3 is 0 Å². The summed E-state index contributed by atoms with van der Waals surface area (Å²) in [6.07, 6.45) is -2.77. The molecule has 0 aliphatic heterocycles. The highest BCUT2D eigenvalue weighted by Crippen LogP contribution is 2.42. The van der Waals surface area contributed by atoms with E-state index >= 15 is 0 Å². The van der Waals surface area contributed by atoms with Gasteiger partial charge in [0.05, 0.1) is 23.5 Å². The van der Waals surface area contributed by atoms with E-state index in [0.29, 0.717) is 28.1 Å². The molecule has 4 aromatic rings. The summed E-state index contributed by atoms with van der Waals surface area (Å²) < 4.78 is 16.0. The summed E-state index contributed by atoms with van der Waals surface area (Å²) >= 11 is 0. The molecule has 0 bridgehead atoms. The first-order chi connectivity index (χ1) is 19.7. The molecule has 0 aliphatic rings. The summed E-state index contributed by atoms with van der Waals surface area (Å²) in [4.78, 5) is 24.9. The Bertz CT molecular complexity index is 1470. The number of aliphatic hydroxyl groups excluding tert-OH is 2. The zero-order valence-electron chi connectivity index (χ0n) is 23.1. The molecule has 1 aromatic heterocycles. The highest BCUT2D eigenvalue weighted by atomic mass is 19.1. The molecule has 0 saturated heterocycles. The van der Waals surface area contributed by atoms with Crippen LogP contribution in [0.2, 0.25) is 0 Å². The van der Waals surface area contributed by atoms with Crippen molar-refractivity contribution >= 4 is 17.6 Å². The Morgan fingerprint density at radius 3 is 2.07 bits per heavy atom. The Morgan fingerprint density at radius 2 is 1.49 bits per heavy atom. The van der Waals surface area contributed by atoms with Crippen molar-refractivity contribution in [3.05, 3.63) is 102 Å². The summed E-state index contributed by atoms with van der Waals surface area (Å²) in [6, 6.07) is 24.7. The maximum atomic E-state index is 14.0. The van der Waals surface area contributed by atoms with Crippen LogP contribution in [-0.2, 0) is 11.3 Å². The predicted molar refractivity (Wildman–Crippen MR) is 155 cm³/mol. The van der Waals surface area contributed by atoms with E-state index < -0.39 is 30.4 Å². The Morgan fingerprint density at radius 1 is 0.878 bits per heavy atom. The van der Waals surface area contributed by atoms with Crippen LogP contribution >= 0.6 is 0 Å². The van der Waals surface area contributed by atoms with Crippen molar-refractivity contribution < 1.29 is 29.3 Å². The molecule has 3 N–H and O–H groups in total. The Labute approximate surface area is 238 Å². The Balaban J connectivity index is 1.89. The number of aliphatic carboxylic acids is 1. The fourth-order valence-electron chi connectivity index (χ4n) is 5.19. The minimum Gasteiger partial charge on any atom is -0.550 e. The average Bonchev–Trinajstić information content (AvgIpc) is 3.28. The summed E-state index contributed by atoms with van der Waals surface area (Å²) in [7, 11) is 0. The second-order valence-corrected chi connectivity index (χ2v) is 10.4. The van der Waals surface area contributed by atoms with Crippen LogP contribution in [0.3, 0.4) is 0 Å². The lowest BCUT2D eigenvalue weighted by Crippen LogP contribution is -2.29. The molecule has 0 spiro atoms. The van der Waals surface area contributed by atoms with Gasteiger partial charge in [-0.1, -0.05) is 62.4 Å². The number of nitrogens with one attached hydrogen (secondary N) is 1. The third kappa shape index (κ3) is 7.28. The second kappa shape index (κ2) is 13.4. The number of anilines is 1. The molecule has 0 fully saturated rings. The molecule has 2 atom stereocenters. The molecule has 0 unspecified atom stereocenters. The van der Waals surface area contributed by atoms with Gasteiger partial charge in [-0.2, -0.15) is 0 Å². The molecule has 1 amide bonds. The van der Waals surface area contributed by atoms with E-state index in [-0.39, 0.29) is 31.2 Å². The molecule has 0 saturated carbocycles. The lowest BCUT2D eigenvalue weighted by Gasteiger charge is -2.20. The first-order valence-corrected chi connectivity index (χ1v) is 13.7. The van der Waals surface area contributed by atoms with Crippen LogP contribution in [-0.4, -0.2) is 38.9 Å². The molecule has 0 radical (unpaired) electrons. The van der Waals surface area contributed by atoms with Crippen molar-refractivity contribution in [1.29, 1.82) is 0 Å². The van der Waals surface area contributed by atoms with Gasteiger partial charge in [0.15, 0.2) is 0 Å². The van der Waals surface area contributed by atoms with Gasteiger partial charge in [-0.25, -0.2) is 4.39 Å². The number of benzene rings is 3. The van der Waals surface area contributed by atoms with Crippen molar-refractivity contribution in [2.24, 2.45) is 0 Å². The number of amides is 1. The quantitative estimate of drug-likeness (QED) is 0.227. The van der Waals surface area contributed by atoms with Crippen molar-refractivity contribution in [2.75, 3.05) is 5.32 Å². The standard InChI is InChI=1S/C33H35FN2O5/c1-21(2)31-30(33(41)35-25-11-7-4-8-12-25)29(22-9-5-3-6-10-22)32(23-13-15-24(34)16-14-23)36(31)18-17-26(37)19-27(38)20-28(39)40/h3-16,21,26-27,37-38H,17-20H2,1-2H3,(H,35,41)(H,39,40)/p-1/t26-,27+/m1/s1. The van der Waals surface area contributed by atoms with E-state index in [9.17, 15) is 29.3 Å². The molecule has 7 nitrogen and oxygen atoms in total. The average molecular weight is 558 g/mol. The number of carbonyl (C=O) groups is 2. The molecular formula is C33H34FN2O5-. The second-order valence-electron chi connectivity index (χ2n) is 10.4. The summed E-state index contributed by atoms with van der Waals surface area (Å²) in [5.74, 6) is -2.20. The van der Waals surface area contributed by atoms with E-state index in [0.717, 1.165) is 11.3 Å². The third-order valence-electron chi connectivity index (χ3n) is 6.92. The maximum Gasteiger partial charge on any atom is 0.258 e. The SMILES string of the molecule is CC(C)c1c(C(=O)Nc2ccccc2)c(-c2ccccc2)c(-c2ccc(F)cc2)n1CC[C@@H](O)C[C@H](O)CC(=O)[O-]. The van der Waals surface area contributed by atoms with Gasteiger partial charge in [0.25, 0.3) is 5.91 Å². The molecule has 3 aromatic carbocycles. The summed E-state index contributed by atoms with van der Waals surface area (Å²) in [6.45, 7) is 4.22. The highest BCUT2D eigenvalue weighted by Gasteiger charge is 2.30. The van der Waals surface area contributed by atoms with Crippen LogP contribution in [0.5, 0.6) is 0 Å². The molecule has 0 aliphatic carbocycles. The van der Waals surface area contributed by atoms with Gasteiger partial charge in [-0.15, -0.1) is 0 Å². The van der Waals surface area contributed by atoms with Crippen LogP contribution in [0.15, 0.2) is 84.9 Å². The van der Waals surface area contributed by atoms with Crippen LogP contribution in [0.25, 0.3) is 22.4 Å². The number of para-hydroxylation sites is 1. The molecule has 8 heteroatoms. The minimum absolute atomic E-state index is 0.121. The van der Waals surface area contributed by atoms with Crippen LogP contribution in [0.4, 0.5) is 10.1 Å². The monoisotopic (exact) mass is 557 g/mol. The minimum atomic E-state index is -1.39. The van der Waals surface area contributed by atoms with Crippen LogP contribution in [0.1, 0.15) is 55.1 Å². The molecular weight excluding hydrogens is 523 g/mol. The van der Waals surface area contributed by atoms with Crippen molar-refractivity contribution in [1.82, 2.24) is 4.57 Å². The summed E-state index contributed by atoms with van der Waals surface area (Å²) in [5.41, 5.74) is 4.72. The summed E-state index contributed by atoms with van der Waals surface area (Å²) in [5, 5.41) is 34.6. The molecule has 41 heavy (non-hydrogen) atoms. The largest absolute Gasteiger partial charge is 0.550 e. The van der Waals surface area contributed by atoms with Crippen molar-refractivity contribution in [2.45, 2.75) is 57.8 Å². The van der Waals surface area contributed by atoms with E-state index in [1.165, 1.54) is 12.1 Å². The number of carboxylic acids is 1. The number of aliphatic hydroxyl groups is 2. The van der Waals surface area contributed by atoms with Gasteiger partial charge in [-0.3, -0.25) is 4.79 Å². The van der Waals surface area contributed by atoms with Gasteiger partial charge < -0.3 is 30.0 Å². The van der Waals surface area contributed by atoms with Gasteiger partial charge in [0.1, 0.15) is 5.82 Å². The van der Waals surface area contributed by atoms with Crippen LogP contribution in [0, 0.1) is 5.82 Å². The number of hydrogen-bond donors (Lipinski definition) is 3. The molecule has 214 valence electrons. The zero-order chi connectivity index (χ0) is 29.5. The predicted octanol–water partition coefficient (Wildman–Crippen LogP) is 4.98. The van der Waals surface area contributed by atoms with Crippen molar-refractivity contribution in [3.63, 3.8) is 0 Å². The van der Waals surface area contributed by atoms with E-state index in [1.54, 1.807) is 24.3 Å². The van der Waals surface area contributed by atoms with Gasteiger partial charge in [0.2, 0.25) is 0 Å². The fourth-order valence-corrected chi connectivity index (χ4v) is 5.19. The first-order valence-electron chi connectivity index (χ1n) is 13.7. The van der Waals surface area contributed by atoms with E-state index in [2.05, 4.69) is 5.32 Å². The lowest BCUT2D eigenvalue weighted by atomic mass is 9.94. The number of nitrogens with zero attached hydrogens (tertiary/aromatic N) is 1. The smallest absolute Gasteiger partial charge is 0.258 e. The highest BCUT2D eigenvalue weighted by molar-refractivity contribution is 6.12. The number of carboxylic acid groups (broad SMARTS) is 1. The molecule has 1 heterocycles. The molecule has 4 rings (SSSR count).